The summed E-state index contributed by atoms with van der Waals surface area (Å²) in [5.41, 5.74) is 3.45. The Morgan fingerprint density at radius 1 is 1.04 bits per heavy atom. The summed E-state index contributed by atoms with van der Waals surface area (Å²) in [6.07, 6.45) is 1.57. The van der Waals surface area contributed by atoms with E-state index in [0.717, 1.165) is 5.69 Å². The minimum Gasteiger partial charge on any atom is -0.495 e. The highest BCUT2D eigenvalue weighted by molar-refractivity contribution is 6.31. The Morgan fingerprint density at radius 3 is 2.46 bits per heavy atom. The molecule has 2 aromatic carbocycles. The van der Waals surface area contributed by atoms with E-state index >= 15 is 0 Å². The number of aromatic nitrogens is 1. The van der Waals surface area contributed by atoms with Gasteiger partial charge in [0.15, 0.2) is 0 Å². The number of amides is 1. The number of benzene rings is 2. The van der Waals surface area contributed by atoms with Crippen LogP contribution in [0.1, 0.15) is 10.5 Å². The van der Waals surface area contributed by atoms with Crippen LogP contribution < -0.4 is 20.3 Å². The van der Waals surface area contributed by atoms with E-state index in [1.165, 1.54) is 0 Å². The van der Waals surface area contributed by atoms with E-state index in [1.54, 1.807) is 43.6 Å². The zero-order chi connectivity index (χ0) is 20.1. The van der Waals surface area contributed by atoms with Crippen molar-refractivity contribution < 1.29 is 9.53 Å². The molecular formula is C21H21ClN4O2. The van der Waals surface area contributed by atoms with Gasteiger partial charge in [-0.3, -0.25) is 9.78 Å². The molecule has 1 heterocycles. The Kier molecular flexibility index (Phi) is 6.01. The average molecular weight is 397 g/mol. The number of nitrogens with zero attached hydrogens (tertiary/aromatic N) is 2. The van der Waals surface area contributed by atoms with Crippen LogP contribution in [0.3, 0.4) is 0 Å². The Hall–Kier alpha value is -3.25. The Balaban J connectivity index is 1.75. The van der Waals surface area contributed by atoms with Crippen molar-refractivity contribution >= 4 is 40.3 Å². The molecule has 0 aliphatic heterocycles. The molecule has 0 aliphatic rings. The van der Waals surface area contributed by atoms with E-state index in [9.17, 15) is 4.79 Å². The van der Waals surface area contributed by atoms with Crippen molar-refractivity contribution in [1.29, 1.82) is 0 Å². The van der Waals surface area contributed by atoms with Crippen molar-refractivity contribution in [3.8, 4) is 5.75 Å². The fourth-order valence-corrected chi connectivity index (χ4v) is 2.78. The predicted molar refractivity (Wildman–Crippen MR) is 114 cm³/mol. The van der Waals surface area contributed by atoms with Crippen molar-refractivity contribution in [2.75, 3.05) is 36.7 Å². The van der Waals surface area contributed by atoms with E-state index in [-0.39, 0.29) is 5.91 Å². The molecule has 3 aromatic rings. The molecule has 0 aliphatic carbocycles. The fourth-order valence-electron chi connectivity index (χ4n) is 2.60. The van der Waals surface area contributed by atoms with Crippen LogP contribution in [0.15, 0.2) is 60.8 Å². The molecule has 7 heteroatoms. The van der Waals surface area contributed by atoms with Crippen molar-refractivity contribution in [2.45, 2.75) is 0 Å². The highest BCUT2D eigenvalue weighted by Crippen LogP contribution is 2.30. The molecule has 1 amide bonds. The first-order valence-electron chi connectivity index (χ1n) is 8.61. The van der Waals surface area contributed by atoms with Crippen LogP contribution in [0.5, 0.6) is 5.75 Å². The number of pyridine rings is 1. The summed E-state index contributed by atoms with van der Waals surface area (Å²) in [5.74, 6) is 0.354. The number of carbonyl (C=O) groups excluding carboxylic acids is 1. The lowest BCUT2D eigenvalue weighted by molar-refractivity contribution is 0.102. The van der Waals surface area contributed by atoms with Gasteiger partial charge in [0.05, 0.1) is 12.8 Å². The van der Waals surface area contributed by atoms with Crippen LogP contribution in [-0.4, -0.2) is 32.1 Å². The van der Waals surface area contributed by atoms with Gasteiger partial charge in [0.2, 0.25) is 0 Å². The Morgan fingerprint density at radius 2 is 1.79 bits per heavy atom. The van der Waals surface area contributed by atoms with E-state index in [2.05, 4.69) is 15.6 Å². The number of methoxy groups -OCH3 is 1. The first-order valence-corrected chi connectivity index (χ1v) is 8.99. The maximum absolute atomic E-state index is 12.6. The summed E-state index contributed by atoms with van der Waals surface area (Å²) in [6.45, 7) is 0. The van der Waals surface area contributed by atoms with E-state index in [4.69, 9.17) is 16.3 Å². The van der Waals surface area contributed by atoms with E-state index in [1.807, 2.05) is 43.3 Å². The lowest BCUT2D eigenvalue weighted by Crippen LogP contribution is -2.14. The molecule has 0 unspecified atom stereocenters. The quantitative estimate of drug-likeness (QED) is 0.626. The molecule has 0 atom stereocenters. The maximum atomic E-state index is 12.6. The summed E-state index contributed by atoms with van der Waals surface area (Å²) in [4.78, 5) is 18.7. The fraction of sp³-hybridized carbons (Fsp3) is 0.143. The molecule has 0 saturated carbocycles. The minimum absolute atomic E-state index is 0.292. The molecule has 0 saturated heterocycles. The Bertz CT molecular complexity index is 974. The molecule has 0 fully saturated rings. The number of hydrogen-bond acceptors (Lipinski definition) is 5. The van der Waals surface area contributed by atoms with Gasteiger partial charge in [-0.2, -0.15) is 0 Å². The molecule has 0 bridgehead atoms. The standard InChI is InChI=1S/C21H21ClN4O2/c1-26(2)17-7-5-15(6-8-17)25-21(27)19-13-16(10-11-23-19)24-18-12-14(22)4-9-20(18)28-3/h4-13H,1-3H3,(H,23,24)(H,25,27). The number of rotatable bonds is 6. The van der Waals surface area contributed by atoms with Gasteiger partial charge in [-0.25, -0.2) is 0 Å². The van der Waals surface area contributed by atoms with Gasteiger partial charge in [-0.1, -0.05) is 11.6 Å². The molecule has 3 rings (SSSR count). The number of halogens is 1. The van der Waals surface area contributed by atoms with Gasteiger partial charge in [0.1, 0.15) is 11.4 Å². The largest absolute Gasteiger partial charge is 0.495 e. The number of carbonyl (C=O) groups is 1. The van der Waals surface area contributed by atoms with Crippen molar-refractivity contribution in [3.05, 3.63) is 71.5 Å². The van der Waals surface area contributed by atoms with Gasteiger partial charge in [0, 0.05) is 42.4 Å². The maximum Gasteiger partial charge on any atom is 0.274 e. The zero-order valence-electron chi connectivity index (χ0n) is 15.9. The lowest BCUT2D eigenvalue weighted by Gasteiger charge is -2.13. The zero-order valence-corrected chi connectivity index (χ0v) is 16.6. The molecule has 1 aromatic heterocycles. The van der Waals surface area contributed by atoms with Gasteiger partial charge < -0.3 is 20.3 Å². The summed E-state index contributed by atoms with van der Waals surface area (Å²) in [7, 11) is 5.51. The number of nitrogens with one attached hydrogen (secondary N) is 2. The number of hydrogen-bond donors (Lipinski definition) is 2. The normalized spacial score (nSPS) is 10.3. The monoisotopic (exact) mass is 396 g/mol. The van der Waals surface area contributed by atoms with Crippen molar-refractivity contribution in [1.82, 2.24) is 4.98 Å². The second-order valence-corrected chi connectivity index (χ2v) is 6.73. The van der Waals surface area contributed by atoms with Crippen LogP contribution in [0.25, 0.3) is 0 Å². The SMILES string of the molecule is COc1ccc(Cl)cc1Nc1ccnc(C(=O)Nc2ccc(N(C)C)cc2)c1. The third-order valence-corrected chi connectivity index (χ3v) is 4.31. The van der Waals surface area contributed by atoms with Gasteiger partial charge in [-0.05, 0) is 54.6 Å². The van der Waals surface area contributed by atoms with Crippen LogP contribution >= 0.6 is 11.6 Å². The molecular weight excluding hydrogens is 376 g/mol. The number of anilines is 4. The van der Waals surface area contributed by atoms with E-state index in [0.29, 0.717) is 33.5 Å². The van der Waals surface area contributed by atoms with Crippen LogP contribution in [0.4, 0.5) is 22.7 Å². The van der Waals surface area contributed by atoms with Gasteiger partial charge >= 0.3 is 0 Å². The summed E-state index contributed by atoms with van der Waals surface area (Å²) in [5, 5.41) is 6.64. The molecule has 0 spiro atoms. The van der Waals surface area contributed by atoms with Gasteiger partial charge in [-0.15, -0.1) is 0 Å². The van der Waals surface area contributed by atoms with Crippen molar-refractivity contribution in [2.24, 2.45) is 0 Å². The molecule has 144 valence electrons. The highest BCUT2D eigenvalue weighted by atomic mass is 35.5. The second kappa shape index (κ2) is 8.63. The average Bonchev–Trinajstić information content (AvgIpc) is 2.69. The van der Waals surface area contributed by atoms with Gasteiger partial charge in [0.25, 0.3) is 5.91 Å². The Labute approximate surface area is 169 Å². The van der Waals surface area contributed by atoms with Crippen LogP contribution in [0.2, 0.25) is 5.02 Å². The second-order valence-electron chi connectivity index (χ2n) is 6.29. The third-order valence-electron chi connectivity index (χ3n) is 4.07. The van der Waals surface area contributed by atoms with E-state index < -0.39 is 0 Å². The molecule has 2 N–H and O–H groups in total. The summed E-state index contributed by atoms with van der Waals surface area (Å²) < 4.78 is 5.34. The minimum atomic E-state index is -0.292. The van der Waals surface area contributed by atoms with Crippen LogP contribution in [0, 0.1) is 0 Å². The summed E-state index contributed by atoms with van der Waals surface area (Å²) >= 11 is 6.07. The number of ether oxygens (including phenoxy) is 1. The third kappa shape index (κ3) is 4.72. The smallest absolute Gasteiger partial charge is 0.274 e. The lowest BCUT2D eigenvalue weighted by atomic mass is 10.2. The summed E-state index contributed by atoms with van der Waals surface area (Å²) in [6, 6.07) is 16.3. The predicted octanol–water partition coefficient (Wildman–Crippen LogP) is 4.81. The first kappa shape index (κ1) is 19.5. The van der Waals surface area contributed by atoms with Crippen LogP contribution in [-0.2, 0) is 0 Å². The molecule has 28 heavy (non-hydrogen) atoms. The highest BCUT2D eigenvalue weighted by Gasteiger charge is 2.10. The molecule has 6 nitrogen and oxygen atoms in total. The topological polar surface area (TPSA) is 66.5 Å². The first-order chi connectivity index (χ1) is 13.5. The van der Waals surface area contributed by atoms with Crippen molar-refractivity contribution in [3.63, 3.8) is 0 Å². The molecule has 0 radical (unpaired) electrons.